The third-order valence-electron chi connectivity index (χ3n) is 6.01. The van der Waals surface area contributed by atoms with Crippen molar-refractivity contribution in [3.63, 3.8) is 0 Å². The minimum atomic E-state index is -1.06. The second kappa shape index (κ2) is 11.3. The number of aromatic nitrogens is 2. The first-order valence-electron chi connectivity index (χ1n) is 11.7. The van der Waals surface area contributed by atoms with Crippen molar-refractivity contribution in [2.24, 2.45) is 0 Å². The normalized spacial score (nSPS) is 11.3. The van der Waals surface area contributed by atoms with Gasteiger partial charge in [0.1, 0.15) is 17.7 Å². The fraction of sp³-hybridized carbons (Fsp3) is 0.138. The number of carbonyl (C=O) groups is 2. The zero-order chi connectivity index (χ0) is 27.2. The van der Waals surface area contributed by atoms with Crippen LogP contribution >= 0.6 is 0 Å². The Hall–Kier alpha value is -5.10. The van der Waals surface area contributed by atoms with Gasteiger partial charge in [-0.05, 0) is 60.4 Å². The first-order valence-corrected chi connectivity index (χ1v) is 11.7. The number of carbonyl (C=O) groups excluding carboxylic acids is 1. The van der Waals surface area contributed by atoms with E-state index in [-0.39, 0.29) is 22.6 Å². The number of nitrogens with zero attached hydrogens (tertiary/aromatic N) is 3. The second-order valence-corrected chi connectivity index (χ2v) is 8.72. The highest BCUT2D eigenvalue weighted by Gasteiger charge is 2.17. The van der Waals surface area contributed by atoms with Crippen LogP contribution < -0.4 is 10.6 Å². The Morgan fingerprint density at radius 1 is 1.03 bits per heavy atom. The Kier molecular flexibility index (Phi) is 7.73. The van der Waals surface area contributed by atoms with Gasteiger partial charge < -0.3 is 15.7 Å². The molecule has 0 bridgehead atoms. The van der Waals surface area contributed by atoms with Gasteiger partial charge in [0.05, 0.1) is 17.2 Å². The lowest BCUT2D eigenvalue weighted by molar-refractivity contribution is 0.0689. The van der Waals surface area contributed by atoms with Crippen molar-refractivity contribution in [2.75, 3.05) is 5.32 Å². The first kappa shape index (κ1) is 26.0. The van der Waals surface area contributed by atoms with E-state index in [1.54, 1.807) is 32.0 Å². The van der Waals surface area contributed by atoms with Crippen molar-refractivity contribution in [3.05, 3.63) is 112 Å². The van der Waals surface area contributed by atoms with E-state index < -0.39 is 17.9 Å². The molecule has 4 aromatic rings. The maximum absolute atomic E-state index is 13.2. The highest BCUT2D eigenvalue weighted by Crippen LogP contribution is 2.23. The molecule has 0 aliphatic rings. The smallest absolute Gasteiger partial charge is 0.354 e. The molecule has 1 unspecified atom stereocenters. The Balaban J connectivity index is 1.48. The van der Waals surface area contributed by atoms with Crippen LogP contribution in [0.2, 0.25) is 0 Å². The van der Waals surface area contributed by atoms with Gasteiger partial charge in [-0.15, -0.1) is 0 Å². The number of amides is 1. The molecule has 3 N–H and O–H groups in total. The molecule has 1 amide bonds. The number of halogens is 1. The molecular formula is C29H24FN5O3. The molecule has 0 fully saturated rings. The maximum atomic E-state index is 13.2. The second-order valence-electron chi connectivity index (χ2n) is 8.72. The third-order valence-corrected chi connectivity index (χ3v) is 6.01. The molecule has 38 heavy (non-hydrogen) atoms. The highest BCUT2D eigenvalue weighted by atomic mass is 19.1. The van der Waals surface area contributed by atoms with Gasteiger partial charge in [0.2, 0.25) is 0 Å². The van der Waals surface area contributed by atoms with Gasteiger partial charge in [-0.3, -0.25) is 4.79 Å². The van der Waals surface area contributed by atoms with Crippen molar-refractivity contribution in [1.82, 2.24) is 15.3 Å². The fourth-order valence-corrected chi connectivity index (χ4v) is 3.91. The van der Waals surface area contributed by atoms with E-state index in [1.807, 2.05) is 30.3 Å². The van der Waals surface area contributed by atoms with Gasteiger partial charge >= 0.3 is 5.97 Å². The Morgan fingerprint density at radius 2 is 1.74 bits per heavy atom. The summed E-state index contributed by atoms with van der Waals surface area (Å²) in [5.41, 5.74) is 4.40. The quantitative estimate of drug-likeness (QED) is 0.295. The third kappa shape index (κ3) is 5.99. The molecule has 2 heterocycles. The summed E-state index contributed by atoms with van der Waals surface area (Å²) in [6.45, 7) is 3.85. The fourth-order valence-electron chi connectivity index (χ4n) is 3.91. The highest BCUT2D eigenvalue weighted by molar-refractivity contribution is 5.99. The number of nitrogens with one attached hydrogen (secondary N) is 2. The van der Waals surface area contributed by atoms with Crippen molar-refractivity contribution in [1.29, 1.82) is 5.26 Å². The van der Waals surface area contributed by atoms with Crippen LogP contribution in [0.25, 0.3) is 11.1 Å². The summed E-state index contributed by atoms with van der Waals surface area (Å²) in [6.07, 6.45) is 2.92. The Bertz CT molecular complexity index is 1530. The molecule has 0 aliphatic heterocycles. The largest absolute Gasteiger partial charge is 0.477 e. The molecule has 0 saturated heterocycles. The lowest BCUT2D eigenvalue weighted by atomic mass is 10.0. The lowest BCUT2D eigenvalue weighted by Gasteiger charge is -2.16. The van der Waals surface area contributed by atoms with Crippen LogP contribution in [0.5, 0.6) is 0 Å². The number of rotatable bonds is 8. The van der Waals surface area contributed by atoms with E-state index in [2.05, 4.69) is 20.6 Å². The van der Waals surface area contributed by atoms with E-state index in [1.165, 1.54) is 30.6 Å². The lowest BCUT2D eigenvalue weighted by Crippen LogP contribution is -2.28. The van der Waals surface area contributed by atoms with Crippen molar-refractivity contribution < 1.29 is 19.1 Å². The molecule has 1 atom stereocenters. The molecule has 2 aromatic carbocycles. The number of aryl methyl sites for hydroxylation is 1. The molecule has 4 rings (SSSR count). The summed E-state index contributed by atoms with van der Waals surface area (Å²) >= 11 is 0. The Morgan fingerprint density at radius 3 is 2.37 bits per heavy atom. The van der Waals surface area contributed by atoms with Crippen LogP contribution in [0.15, 0.2) is 73.1 Å². The summed E-state index contributed by atoms with van der Waals surface area (Å²) in [6, 6.07) is 18.3. The number of hydrogen-bond donors (Lipinski definition) is 3. The first-order chi connectivity index (χ1) is 18.2. The van der Waals surface area contributed by atoms with E-state index >= 15 is 0 Å². The minimum Gasteiger partial charge on any atom is -0.477 e. The number of pyridine rings is 2. The van der Waals surface area contributed by atoms with Crippen LogP contribution in [0.4, 0.5) is 10.2 Å². The van der Waals surface area contributed by atoms with Crippen LogP contribution in [-0.2, 0) is 6.54 Å². The SMILES string of the molecule is Cc1cc(-c2ccc(CNc3ncc(C#N)cc3C(=O)NC(C)c3ccc(F)cc3)cc2)cnc1C(=O)O. The topological polar surface area (TPSA) is 128 Å². The van der Waals surface area contributed by atoms with Crippen molar-refractivity contribution in [3.8, 4) is 17.2 Å². The maximum Gasteiger partial charge on any atom is 0.354 e. The van der Waals surface area contributed by atoms with Crippen molar-refractivity contribution in [2.45, 2.75) is 26.4 Å². The van der Waals surface area contributed by atoms with Crippen LogP contribution in [0.1, 0.15) is 56.1 Å². The molecule has 8 nitrogen and oxygen atoms in total. The summed E-state index contributed by atoms with van der Waals surface area (Å²) in [5, 5.41) is 24.5. The molecular weight excluding hydrogens is 485 g/mol. The van der Waals surface area contributed by atoms with E-state index in [0.717, 1.165) is 22.3 Å². The summed E-state index contributed by atoms with van der Waals surface area (Å²) in [5.74, 6) is -1.52. The standard InChI is InChI=1S/C29H24FN5O3/c1-17-11-23(16-32-26(17)29(37)38)22-5-3-19(4-6-22)14-33-27-25(12-20(13-31)15-34-27)28(36)35-18(2)21-7-9-24(30)10-8-21/h3-12,15-16,18H,14H2,1-2H3,(H,33,34)(H,35,36)(H,37,38). The summed E-state index contributed by atoms with van der Waals surface area (Å²) in [4.78, 5) is 32.6. The van der Waals surface area contributed by atoms with E-state index in [4.69, 9.17) is 0 Å². The molecule has 0 aliphatic carbocycles. The number of anilines is 1. The van der Waals surface area contributed by atoms with Gasteiger partial charge in [0.15, 0.2) is 5.69 Å². The molecule has 0 saturated carbocycles. The minimum absolute atomic E-state index is 0.0244. The summed E-state index contributed by atoms with van der Waals surface area (Å²) in [7, 11) is 0. The molecule has 9 heteroatoms. The Labute approximate surface area is 218 Å². The van der Waals surface area contributed by atoms with Gasteiger partial charge in [-0.1, -0.05) is 36.4 Å². The number of carboxylic acid groups (broad SMARTS) is 1. The number of benzene rings is 2. The molecule has 0 spiro atoms. The number of hydrogen-bond acceptors (Lipinski definition) is 6. The molecule has 2 aromatic heterocycles. The monoisotopic (exact) mass is 509 g/mol. The van der Waals surface area contributed by atoms with Crippen LogP contribution in [0, 0.1) is 24.1 Å². The van der Waals surface area contributed by atoms with Gasteiger partial charge in [-0.25, -0.2) is 19.2 Å². The predicted molar refractivity (Wildman–Crippen MR) is 140 cm³/mol. The average molecular weight is 510 g/mol. The van der Waals surface area contributed by atoms with Gasteiger partial charge in [0.25, 0.3) is 5.91 Å². The van der Waals surface area contributed by atoms with Gasteiger partial charge in [-0.2, -0.15) is 5.26 Å². The van der Waals surface area contributed by atoms with Crippen LogP contribution in [-0.4, -0.2) is 27.0 Å². The zero-order valence-electron chi connectivity index (χ0n) is 20.7. The van der Waals surface area contributed by atoms with Crippen LogP contribution in [0.3, 0.4) is 0 Å². The van der Waals surface area contributed by atoms with E-state index in [0.29, 0.717) is 17.9 Å². The summed E-state index contributed by atoms with van der Waals surface area (Å²) < 4.78 is 13.2. The van der Waals surface area contributed by atoms with Gasteiger partial charge in [0, 0.05) is 24.5 Å². The molecule has 0 radical (unpaired) electrons. The number of aromatic carboxylic acids is 1. The average Bonchev–Trinajstić information content (AvgIpc) is 2.92. The zero-order valence-corrected chi connectivity index (χ0v) is 20.7. The predicted octanol–water partition coefficient (Wildman–Crippen LogP) is 5.26. The van der Waals surface area contributed by atoms with E-state index in [9.17, 15) is 24.3 Å². The molecule has 190 valence electrons. The van der Waals surface area contributed by atoms with Crippen molar-refractivity contribution >= 4 is 17.7 Å². The number of nitriles is 1. The number of carboxylic acids is 1.